The van der Waals surface area contributed by atoms with E-state index in [-0.39, 0.29) is 11.6 Å². The van der Waals surface area contributed by atoms with Crippen molar-refractivity contribution >= 4 is 23.5 Å². The van der Waals surface area contributed by atoms with Crippen LogP contribution in [-0.2, 0) is 23.9 Å². The van der Waals surface area contributed by atoms with Gasteiger partial charge < -0.3 is 4.74 Å². The molecule has 2 atom stereocenters. The molecule has 0 aromatic heterocycles. The number of ketones is 2. The van der Waals surface area contributed by atoms with Crippen molar-refractivity contribution < 1.29 is 23.9 Å². The van der Waals surface area contributed by atoms with Crippen molar-refractivity contribution in [3.05, 3.63) is 0 Å². The molecule has 5 heteroatoms. The van der Waals surface area contributed by atoms with E-state index in [0.717, 1.165) is 0 Å². The van der Waals surface area contributed by atoms with E-state index in [1.54, 1.807) is 0 Å². The van der Waals surface area contributed by atoms with E-state index in [4.69, 9.17) is 0 Å². The maximum Gasteiger partial charge on any atom is 0.327 e. The smallest absolute Gasteiger partial charge is 0.327 e. The van der Waals surface area contributed by atoms with Crippen LogP contribution in [0.4, 0.5) is 0 Å². The third-order valence-electron chi connectivity index (χ3n) is 4.02. The summed E-state index contributed by atoms with van der Waals surface area (Å²) in [5.41, 5.74) is -2.36. The SMILES string of the molecule is CC1(C(=O)OC(=O)C2(C)CCC2=O)CCC1=O. The number of Topliss-reactive ketones (excluding diaryl/α,β-unsaturated/α-hetero) is 2. The van der Waals surface area contributed by atoms with E-state index in [0.29, 0.717) is 25.7 Å². The van der Waals surface area contributed by atoms with Crippen LogP contribution in [-0.4, -0.2) is 23.5 Å². The summed E-state index contributed by atoms with van der Waals surface area (Å²) in [6, 6.07) is 0. The highest BCUT2D eigenvalue weighted by atomic mass is 16.6. The minimum absolute atomic E-state index is 0.208. The fraction of sp³-hybridized carbons (Fsp3) is 0.667. The molecule has 2 saturated carbocycles. The molecule has 0 saturated heterocycles. The van der Waals surface area contributed by atoms with E-state index >= 15 is 0 Å². The summed E-state index contributed by atoms with van der Waals surface area (Å²) in [5.74, 6) is -2.06. The number of carbonyl (C=O) groups excluding carboxylic acids is 4. The van der Waals surface area contributed by atoms with E-state index in [1.165, 1.54) is 13.8 Å². The highest BCUT2D eigenvalue weighted by Gasteiger charge is 2.54. The number of hydrogen-bond acceptors (Lipinski definition) is 5. The van der Waals surface area contributed by atoms with Crippen LogP contribution < -0.4 is 0 Å². The van der Waals surface area contributed by atoms with Crippen molar-refractivity contribution in [3.8, 4) is 0 Å². The van der Waals surface area contributed by atoms with Crippen LogP contribution in [0.1, 0.15) is 39.5 Å². The lowest BCUT2D eigenvalue weighted by Crippen LogP contribution is -2.51. The van der Waals surface area contributed by atoms with E-state index in [9.17, 15) is 19.2 Å². The topological polar surface area (TPSA) is 77.5 Å². The van der Waals surface area contributed by atoms with Gasteiger partial charge in [-0.25, -0.2) is 0 Å². The number of ether oxygens (including phenoxy) is 1. The second-order valence-electron chi connectivity index (χ2n) is 5.19. The number of hydrogen-bond donors (Lipinski definition) is 0. The zero-order chi connectivity index (χ0) is 12.8. The highest BCUT2D eigenvalue weighted by molar-refractivity contribution is 6.14. The molecule has 2 rings (SSSR count). The number of esters is 2. The first-order chi connectivity index (χ1) is 7.80. The van der Waals surface area contributed by atoms with Gasteiger partial charge in [-0.2, -0.15) is 0 Å². The van der Waals surface area contributed by atoms with Gasteiger partial charge in [0.2, 0.25) is 0 Å². The van der Waals surface area contributed by atoms with Crippen LogP contribution in [0.25, 0.3) is 0 Å². The molecule has 0 aliphatic heterocycles. The van der Waals surface area contributed by atoms with Crippen LogP contribution in [0, 0.1) is 10.8 Å². The molecule has 2 aliphatic rings. The average Bonchev–Trinajstić information content (AvgIpc) is 2.32. The van der Waals surface area contributed by atoms with Gasteiger partial charge in [0.05, 0.1) is 0 Å². The molecule has 0 N–H and O–H groups in total. The lowest BCUT2D eigenvalue weighted by Gasteiger charge is -2.36. The second kappa shape index (κ2) is 3.48. The first-order valence-electron chi connectivity index (χ1n) is 5.64. The Morgan fingerprint density at radius 3 is 1.47 bits per heavy atom. The van der Waals surface area contributed by atoms with E-state index in [1.807, 2.05) is 0 Å². The van der Waals surface area contributed by atoms with Gasteiger partial charge in [-0.1, -0.05) is 0 Å². The molecule has 0 aromatic rings. The summed E-state index contributed by atoms with van der Waals surface area (Å²) < 4.78 is 4.69. The minimum atomic E-state index is -1.18. The highest BCUT2D eigenvalue weighted by Crippen LogP contribution is 2.41. The average molecular weight is 238 g/mol. The van der Waals surface area contributed by atoms with Crippen molar-refractivity contribution in [1.29, 1.82) is 0 Å². The van der Waals surface area contributed by atoms with Crippen molar-refractivity contribution in [1.82, 2.24) is 0 Å². The van der Waals surface area contributed by atoms with Crippen molar-refractivity contribution in [2.45, 2.75) is 39.5 Å². The number of rotatable bonds is 2. The molecule has 0 amide bonds. The molecule has 5 nitrogen and oxygen atoms in total. The largest absolute Gasteiger partial charge is 0.392 e. The monoisotopic (exact) mass is 238 g/mol. The van der Waals surface area contributed by atoms with Crippen molar-refractivity contribution in [2.24, 2.45) is 10.8 Å². The van der Waals surface area contributed by atoms with E-state index < -0.39 is 22.8 Å². The molecule has 92 valence electrons. The van der Waals surface area contributed by atoms with Gasteiger partial charge in [-0.05, 0) is 26.7 Å². The van der Waals surface area contributed by atoms with Gasteiger partial charge in [0.15, 0.2) is 0 Å². The first-order valence-corrected chi connectivity index (χ1v) is 5.64. The van der Waals surface area contributed by atoms with Crippen molar-refractivity contribution in [2.75, 3.05) is 0 Å². The summed E-state index contributed by atoms with van der Waals surface area (Å²) in [5, 5.41) is 0. The van der Waals surface area contributed by atoms with Gasteiger partial charge in [-0.3, -0.25) is 19.2 Å². The van der Waals surface area contributed by atoms with Crippen LogP contribution in [0.5, 0.6) is 0 Å². The summed E-state index contributed by atoms with van der Waals surface area (Å²) in [6.45, 7) is 2.94. The molecule has 2 unspecified atom stereocenters. The molecule has 0 heterocycles. The van der Waals surface area contributed by atoms with Crippen LogP contribution in [0.3, 0.4) is 0 Å². The Hall–Kier alpha value is -1.52. The second-order valence-corrected chi connectivity index (χ2v) is 5.19. The maximum atomic E-state index is 11.7. The van der Waals surface area contributed by atoms with E-state index in [2.05, 4.69) is 4.74 Å². The lowest BCUT2D eigenvalue weighted by atomic mass is 9.68. The first kappa shape index (κ1) is 12.0. The third-order valence-corrected chi connectivity index (χ3v) is 4.02. The molecule has 0 bridgehead atoms. The van der Waals surface area contributed by atoms with Crippen LogP contribution in [0.2, 0.25) is 0 Å². The fourth-order valence-corrected chi connectivity index (χ4v) is 1.95. The molecule has 0 aromatic carbocycles. The lowest BCUT2D eigenvalue weighted by molar-refractivity contribution is -0.180. The van der Waals surface area contributed by atoms with Crippen LogP contribution >= 0.6 is 0 Å². The summed E-state index contributed by atoms with van der Waals surface area (Å²) in [7, 11) is 0. The zero-order valence-corrected chi connectivity index (χ0v) is 9.87. The quantitative estimate of drug-likeness (QED) is 0.525. The summed E-state index contributed by atoms with van der Waals surface area (Å²) in [4.78, 5) is 46.0. The normalized spacial score (nSPS) is 35.9. The maximum absolute atomic E-state index is 11.7. The molecule has 0 spiro atoms. The standard InChI is InChI=1S/C12H14O5/c1-11(5-3-7(11)13)9(15)17-10(16)12(2)6-4-8(12)14/h3-6H2,1-2H3. The Morgan fingerprint density at radius 1 is 0.941 bits per heavy atom. The molecular weight excluding hydrogens is 224 g/mol. The van der Waals surface area contributed by atoms with Gasteiger partial charge in [0.1, 0.15) is 22.4 Å². The Morgan fingerprint density at radius 2 is 1.29 bits per heavy atom. The molecule has 2 aliphatic carbocycles. The zero-order valence-electron chi connectivity index (χ0n) is 9.87. The van der Waals surface area contributed by atoms with Crippen LogP contribution in [0.15, 0.2) is 0 Å². The summed E-state index contributed by atoms with van der Waals surface area (Å²) in [6.07, 6.45) is 1.50. The predicted octanol–water partition coefficient (Wildman–Crippen LogP) is 0.795. The fourth-order valence-electron chi connectivity index (χ4n) is 1.95. The van der Waals surface area contributed by atoms with Crippen molar-refractivity contribution in [3.63, 3.8) is 0 Å². The summed E-state index contributed by atoms with van der Waals surface area (Å²) >= 11 is 0. The molecule has 2 fully saturated rings. The Labute approximate surface area is 98.5 Å². The Kier molecular flexibility index (Phi) is 2.45. The predicted molar refractivity (Wildman–Crippen MR) is 55.8 cm³/mol. The van der Waals surface area contributed by atoms with Gasteiger partial charge in [0.25, 0.3) is 0 Å². The Bertz CT molecular complexity index is 398. The number of carbonyl (C=O) groups is 4. The molecular formula is C12H14O5. The third kappa shape index (κ3) is 1.52. The molecule has 0 radical (unpaired) electrons. The van der Waals surface area contributed by atoms with Gasteiger partial charge in [-0.15, -0.1) is 0 Å². The molecule has 17 heavy (non-hydrogen) atoms. The van der Waals surface area contributed by atoms with Gasteiger partial charge in [0, 0.05) is 12.8 Å². The minimum Gasteiger partial charge on any atom is -0.392 e. The Balaban J connectivity index is 2.03. The van der Waals surface area contributed by atoms with Gasteiger partial charge >= 0.3 is 11.9 Å².